The zero-order valence-corrected chi connectivity index (χ0v) is 13.0. The number of hydrogen-bond acceptors (Lipinski definition) is 5. The lowest BCUT2D eigenvalue weighted by Crippen LogP contribution is -2.02. The van der Waals surface area contributed by atoms with Crippen LogP contribution < -0.4 is 14.8 Å². The third kappa shape index (κ3) is 2.32. The Hall–Kier alpha value is -3.35. The van der Waals surface area contributed by atoms with Gasteiger partial charge in [0.25, 0.3) is 0 Å². The Balaban J connectivity index is 1.49. The highest BCUT2D eigenvalue weighted by atomic mass is 19.1. The summed E-state index contributed by atoms with van der Waals surface area (Å²) in [5, 5.41) is 4.04. The van der Waals surface area contributed by atoms with Gasteiger partial charge in [-0.25, -0.2) is 14.4 Å². The molecule has 2 aromatic carbocycles. The third-order valence-electron chi connectivity index (χ3n) is 4.24. The number of nitrogens with one attached hydrogen (secondary N) is 2. The summed E-state index contributed by atoms with van der Waals surface area (Å²) in [6, 6.07) is 10.4. The van der Waals surface area contributed by atoms with Crippen LogP contribution in [0, 0.1) is 5.82 Å². The van der Waals surface area contributed by atoms with Gasteiger partial charge in [-0.05, 0) is 35.9 Å². The second-order valence-electron chi connectivity index (χ2n) is 5.80. The van der Waals surface area contributed by atoms with Crippen LogP contribution >= 0.6 is 0 Å². The summed E-state index contributed by atoms with van der Waals surface area (Å²) < 4.78 is 24.2. The molecule has 0 saturated heterocycles. The zero-order chi connectivity index (χ0) is 16.8. The molecule has 5 rings (SSSR count). The van der Waals surface area contributed by atoms with Gasteiger partial charge in [-0.1, -0.05) is 6.07 Å². The van der Waals surface area contributed by atoms with Gasteiger partial charge in [-0.2, -0.15) is 0 Å². The molecular weight excluding hydrogens is 323 g/mol. The number of H-pyrrole nitrogens is 1. The Morgan fingerprint density at radius 2 is 2.00 bits per heavy atom. The number of benzene rings is 2. The average molecular weight is 336 g/mol. The van der Waals surface area contributed by atoms with Crippen LogP contribution in [0.15, 0.2) is 42.7 Å². The first-order valence-electron chi connectivity index (χ1n) is 7.82. The van der Waals surface area contributed by atoms with Crippen molar-refractivity contribution in [3.05, 3.63) is 54.1 Å². The largest absolute Gasteiger partial charge is 0.454 e. The molecule has 0 spiro atoms. The number of aromatic nitrogens is 3. The van der Waals surface area contributed by atoms with Gasteiger partial charge in [-0.15, -0.1) is 0 Å². The molecule has 25 heavy (non-hydrogen) atoms. The molecule has 6 nitrogen and oxygen atoms in total. The molecule has 0 fully saturated rings. The van der Waals surface area contributed by atoms with Crippen LogP contribution in [0.25, 0.3) is 21.9 Å². The van der Waals surface area contributed by atoms with E-state index in [2.05, 4.69) is 20.3 Å². The van der Waals surface area contributed by atoms with Gasteiger partial charge in [0.05, 0.1) is 0 Å². The van der Waals surface area contributed by atoms with E-state index in [-0.39, 0.29) is 12.6 Å². The van der Waals surface area contributed by atoms with Crippen LogP contribution in [0.4, 0.5) is 10.2 Å². The lowest BCUT2D eigenvalue weighted by molar-refractivity contribution is 0.174. The van der Waals surface area contributed by atoms with Crippen molar-refractivity contribution < 1.29 is 13.9 Å². The molecule has 4 aromatic rings. The maximum Gasteiger partial charge on any atom is 0.231 e. The van der Waals surface area contributed by atoms with Crippen molar-refractivity contribution in [2.24, 2.45) is 0 Å². The minimum Gasteiger partial charge on any atom is -0.454 e. The van der Waals surface area contributed by atoms with E-state index in [1.54, 1.807) is 6.07 Å². The van der Waals surface area contributed by atoms with Crippen molar-refractivity contribution in [3.63, 3.8) is 0 Å². The summed E-state index contributed by atoms with van der Waals surface area (Å²) in [5.41, 5.74) is 3.31. The van der Waals surface area contributed by atoms with Crippen LogP contribution in [-0.2, 0) is 6.54 Å². The van der Waals surface area contributed by atoms with Crippen molar-refractivity contribution in [2.45, 2.75) is 6.54 Å². The van der Waals surface area contributed by atoms with Gasteiger partial charge < -0.3 is 19.8 Å². The highest BCUT2D eigenvalue weighted by Gasteiger charge is 2.14. The number of fused-ring (bicyclic) bond motifs is 4. The lowest BCUT2D eigenvalue weighted by Gasteiger charge is -2.07. The summed E-state index contributed by atoms with van der Waals surface area (Å²) in [6.07, 6.45) is 1.47. The van der Waals surface area contributed by atoms with Crippen molar-refractivity contribution in [2.75, 3.05) is 12.1 Å². The Morgan fingerprint density at radius 3 is 2.96 bits per heavy atom. The topological polar surface area (TPSA) is 72.1 Å². The SMILES string of the molecule is Fc1ccc2[nH]c3c(NCc4ccc5c(c4)OCO5)ncnc3c2c1. The van der Waals surface area contributed by atoms with Gasteiger partial charge in [-0.3, -0.25) is 0 Å². The van der Waals surface area contributed by atoms with E-state index < -0.39 is 0 Å². The summed E-state index contributed by atoms with van der Waals surface area (Å²) >= 11 is 0. The lowest BCUT2D eigenvalue weighted by atomic mass is 10.2. The summed E-state index contributed by atoms with van der Waals surface area (Å²) in [7, 11) is 0. The number of ether oxygens (including phenoxy) is 2. The Kier molecular flexibility index (Phi) is 3.00. The van der Waals surface area contributed by atoms with E-state index in [9.17, 15) is 4.39 Å². The molecule has 7 heteroatoms. The van der Waals surface area contributed by atoms with Crippen molar-refractivity contribution in [3.8, 4) is 11.5 Å². The Morgan fingerprint density at radius 1 is 1.08 bits per heavy atom. The number of aromatic amines is 1. The number of halogens is 1. The molecule has 0 bridgehead atoms. The molecule has 0 atom stereocenters. The summed E-state index contributed by atoms with van der Waals surface area (Å²) in [4.78, 5) is 11.8. The summed E-state index contributed by atoms with van der Waals surface area (Å²) in [5.74, 6) is 1.88. The second-order valence-corrected chi connectivity index (χ2v) is 5.80. The van der Waals surface area contributed by atoms with Crippen molar-refractivity contribution in [1.29, 1.82) is 0 Å². The van der Waals surface area contributed by atoms with Crippen LogP contribution in [0.5, 0.6) is 11.5 Å². The van der Waals surface area contributed by atoms with Crippen LogP contribution in [0.2, 0.25) is 0 Å². The van der Waals surface area contributed by atoms with Crippen molar-refractivity contribution >= 4 is 27.8 Å². The standard InChI is InChI=1S/C18H13FN4O2/c19-11-2-3-13-12(6-11)16-17(23-13)18(22-8-21-16)20-7-10-1-4-14-15(5-10)25-9-24-14/h1-6,8,23H,7,9H2,(H,20,21,22). The highest BCUT2D eigenvalue weighted by Crippen LogP contribution is 2.33. The molecule has 2 N–H and O–H groups in total. The average Bonchev–Trinajstić information content (AvgIpc) is 3.23. The molecule has 0 unspecified atom stereocenters. The minimum absolute atomic E-state index is 0.254. The Bertz CT molecular complexity index is 1110. The third-order valence-corrected chi connectivity index (χ3v) is 4.24. The predicted octanol–water partition coefficient (Wildman–Crippen LogP) is 3.59. The van der Waals surface area contributed by atoms with E-state index >= 15 is 0 Å². The molecule has 0 aliphatic carbocycles. The molecule has 0 saturated carbocycles. The fourth-order valence-corrected chi connectivity index (χ4v) is 3.03. The van der Waals surface area contributed by atoms with Gasteiger partial charge >= 0.3 is 0 Å². The fraction of sp³-hybridized carbons (Fsp3) is 0.111. The zero-order valence-electron chi connectivity index (χ0n) is 13.0. The van der Waals surface area contributed by atoms with Crippen LogP contribution in [0.1, 0.15) is 5.56 Å². The van der Waals surface area contributed by atoms with Gasteiger partial charge in [0, 0.05) is 17.4 Å². The molecule has 3 heterocycles. The van der Waals surface area contributed by atoms with E-state index in [1.807, 2.05) is 18.2 Å². The maximum atomic E-state index is 13.5. The first-order valence-corrected chi connectivity index (χ1v) is 7.82. The first-order chi connectivity index (χ1) is 12.3. The molecular formula is C18H13FN4O2. The minimum atomic E-state index is -0.290. The van der Waals surface area contributed by atoms with Crippen molar-refractivity contribution in [1.82, 2.24) is 15.0 Å². The van der Waals surface area contributed by atoms with Crippen LogP contribution in [0.3, 0.4) is 0 Å². The smallest absolute Gasteiger partial charge is 0.231 e. The molecule has 1 aliphatic heterocycles. The highest BCUT2D eigenvalue weighted by molar-refractivity contribution is 6.07. The van der Waals surface area contributed by atoms with Gasteiger partial charge in [0.2, 0.25) is 6.79 Å². The normalized spacial score (nSPS) is 12.8. The summed E-state index contributed by atoms with van der Waals surface area (Å²) in [6.45, 7) is 0.816. The quantitative estimate of drug-likeness (QED) is 0.598. The number of anilines is 1. The second kappa shape index (κ2) is 5.34. The van der Waals surface area contributed by atoms with E-state index in [4.69, 9.17) is 9.47 Å². The number of rotatable bonds is 3. The predicted molar refractivity (Wildman–Crippen MR) is 91.2 cm³/mol. The van der Waals surface area contributed by atoms with E-state index in [0.717, 1.165) is 33.5 Å². The van der Waals surface area contributed by atoms with Gasteiger partial charge in [0.1, 0.15) is 23.2 Å². The fourth-order valence-electron chi connectivity index (χ4n) is 3.03. The Labute approximate surface area is 141 Å². The number of hydrogen-bond donors (Lipinski definition) is 2. The van der Waals surface area contributed by atoms with Gasteiger partial charge in [0.15, 0.2) is 17.3 Å². The molecule has 124 valence electrons. The molecule has 1 aliphatic rings. The molecule has 2 aromatic heterocycles. The maximum absolute atomic E-state index is 13.5. The van der Waals surface area contributed by atoms with Crippen LogP contribution in [-0.4, -0.2) is 21.7 Å². The monoisotopic (exact) mass is 336 g/mol. The number of nitrogens with zero attached hydrogens (tertiary/aromatic N) is 2. The van der Waals surface area contributed by atoms with E-state index in [1.165, 1.54) is 18.5 Å². The molecule has 0 radical (unpaired) electrons. The first kappa shape index (κ1) is 14.0. The van der Waals surface area contributed by atoms with E-state index in [0.29, 0.717) is 17.9 Å². The molecule has 0 amide bonds.